The molecule has 0 aliphatic heterocycles. The van der Waals surface area contributed by atoms with E-state index >= 15 is 0 Å². The molecule has 2 rings (SSSR count). The van der Waals surface area contributed by atoms with E-state index < -0.39 is 23.5 Å². The Morgan fingerprint density at radius 2 is 1.95 bits per heavy atom. The third kappa shape index (κ3) is 3.72. The highest BCUT2D eigenvalue weighted by atomic mass is 16.4. The smallest absolute Gasteiger partial charge is 0.326 e. The molecule has 1 aromatic carbocycles. The third-order valence-corrected chi connectivity index (χ3v) is 3.89. The Labute approximate surface area is 123 Å². The van der Waals surface area contributed by atoms with Gasteiger partial charge in [-0.2, -0.15) is 0 Å². The maximum atomic E-state index is 12.2. The number of phenols is 1. The van der Waals surface area contributed by atoms with Gasteiger partial charge in [0, 0.05) is 6.42 Å². The average Bonchev–Trinajstić information content (AvgIpc) is 3.24. The van der Waals surface area contributed by atoms with E-state index in [0.29, 0.717) is 5.56 Å². The molecule has 0 bridgehead atoms. The number of phenolic OH excluding ortho intramolecular Hbond substituents is 1. The van der Waals surface area contributed by atoms with Crippen molar-refractivity contribution in [2.75, 3.05) is 0 Å². The number of hydrogen-bond acceptors (Lipinski definition) is 4. The van der Waals surface area contributed by atoms with Crippen LogP contribution in [0.25, 0.3) is 0 Å². The van der Waals surface area contributed by atoms with Crippen molar-refractivity contribution in [1.82, 2.24) is 5.32 Å². The molecular formula is C15H20N2O4. The summed E-state index contributed by atoms with van der Waals surface area (Å²) in [7, 11) is 0. The molecule has 114 valence electrons. The lowest BCUT2D eigenvalue weighted by atomic mass is 9.95. The summed E-state index contributed by atoms with van der Waals surface area (Å²) >= 11 is 0. The Bertz CT molecular complexity index is 535. The van der Waals surface area contributed by atoms with Gasteiger partial charge in [0.15, 0.2) is 0 Å². The Morgan fingerprint density at radius 3 is 2.43 bits per heavy atom. The van der Waals surface area contributed by atoms with Crippen LogP contribution in [0.5, 0.6) is 5.75 Å². The standard InChI is InChI=1S/C15H20N2O4/c1-15(16,10-4-5-10)14(21)17-12(13(19)20)8-9-2-6-11(18)7-3-9/h2-3,6-7,10,12,18H,4-5,8,16H2,1H3,(H,17,21)(H,19,20)/t12-,15?/m0/s1. The molecule has 0 radical (unpaired) electrons. The van der Waals surface area contributed by atoms with Gasteiger partial charge in [-0.05, 0) is 43.4 Å². The van der Waals surface area contributed by atoms with Gasteiger partial charge < -0.3 is 21.3 Å². The number of carbonyl (C=O) groups is 2. The molecular weight excluding hydrogens is 272 g/mol. The van der Waals surface area contributed by atoms with Crippen molar-refractivity contribution in [2.45, 2.75) is 37.8 Å². The molecule has 1 aliphatic carbocycles. The summed E-state index contributed by atoms with van der Waals surface area (Å²) < 4.78 is 0. The van der Waals surface area contributed by atoms with Crippen molar-refractivity contribution >= 4 is 11.9 Å². The first-order chi connectivity index (χ1) is 9.80. The van der Waals surface area contributed by atoms with E-state index in [1.165, 1.54) is 12.1 Å². The second-order valence-corrected chi connectivity index (χ2v) is 5.79. The van der Waals surface area contributed by atoms with Gasteiger partial charge in [0.25, 0.3) is 0 Å². The molecule has 1 aromatic rings. The van der Waals surface area contributed by atoms with Crippen LogP contribution in [-0.2, 0) is 16.0 Å². The molecule has 21 heavy (non-hydrogen) atoms. The van der Waals surface area contributed by atoms with Crippen molar-refractivity contribution in [3.05, 3.63) is 29.8 Å². The van der Waals surface area contributed by atoms with E-state index in [0.717, 1.165) is 12.8 Å². The van der Waals surface area contributed by atoms with Gasteiger partial charge >= 0.3 is 5.97 Å². The SMILES string of the molecule is CC(N)(C(=O)N[C@@H](Cc1ccc(O)cc1)C(=O)O)C1CC1. The lowest BCUT2D eigenvalue weighted by molar-refractivity contribution is -0.142. The Hall–Kier alpha value is -2.08. The fraction of sp³-hybridized carbons (Fsp3) is 0.467. The quantitative estimate of drug-likeness (QED) is 0.614. The lowest BCUT2D eigenvalue weighted by Gasteiger charge is -2.25. The van der Waals surface area contributed by atoms with Gasteiger partial charge in [-0.15, -0.1) is 0 Å². The minimum atomic E-state index is -1.11. The Morgan fingerprint density at radius 1 is 1.38 bits per heavy atom. The molecule has 1 fully saturated rings. The van der Waals surface area contributed by atoms with Crippen LogP contribution < -0.4 is 11.1 Å². The number of nitrogens with two attached hydrogens (primary N) is 1. The largest absolute Gasteiger partial charge is 0.508 e. The fourth-order valence-electron chi connectivity index (χ4n) is 2.25. The van der Waals surface area contributed by atoms with Gasteiger partial charge in [0.1, 0.15) is 11.8 Å². The Balaban J connectivity index is 2.03. The van der Waals surface area contributed by atoms with E-state index in [4.69, 9.17) is 5.73 Å². The van der Waals surface area contributed by atoms with Crippen LogP contribution in [0.15, 0.2) is 24.3 Å². The van der Waals surface area contributed by atoms with Gasteiger partial charge in [-0.3, -0.25) is 4.79 Å². The number of nitrogens with one attached hydrogen (secondary N) is 1. The molecule has 1 saturated carbocycles. The highest BCUT2D eigenvalue weighted by Gasteiger charge is 2.44. The normalized spacial score (nSPS) is 18.6. The predicted octanol–water partition coefficient (Wildman–Crippen LogP) is 0.631. The number of carboxylic acid groups (broad SMARTS) is 1. The van der Waals surface area contributed by atoms with Crippen molar-refractivity contribution in [1.29, 1.82) is 0 Å². The maximum Gasteiger partial charge on any atom is 0.326 e. The van der Waals surface area contributed by atoms with Crippen molar-refractivity contribution < 1.29 is 19.8 Å². The highest BCUT2D eigenvalue weighted by Crippen LogP contribution is 2.38. The van der Waals surface area contributed by atoms with Gasteiger partial charge in [-0.1, -0.05) is 12.1 Å². The molecule has 1 amide bonds. The molecule has 0 aromatic heterocycles. The Kier molecular flexibility index (Phi) is 4.18. The monoisotopic (exact) mass is 292 g/mol. The summed E-state index contributed by atoms with van der Waals surface area (Å²) in [5.41, 5.74) is 5.68. The fourth-order valence-corrected chi connectivity index (χ4v) is 2.25. The number of rotatable bonds is 6. The summed E-state index contributed by atoms with van der Waals surface area (Å²) in [6, 6.07) is 5.17. The number of carboxylic acids is 1. The molecule has 2 atom stereocenters. The first-order valence-corrected chi connectivity index (χ1v) is 6.91. The summed E-state index contributed by atoms with van der Waals surface area (Å²) in [6.07, 6.45) is 1.94. The second kappa shape index (κ2) is 5.73. The summed E-state index contributed by atoms with van der Waals surface area (Å²) in [5.74, 6) is -1.31. The molecule has 1 aliphatic rings. The zero-order valence-electron chi connectivity index (χ0n) is 11.9. The first kappa shape index (κ1) is 15.3. The zero-order chi connectivity index (χ0) is 15.6. The van der Waals surface area contributed by atoms with Gasteiger partial charge in [-0.25, -0.2) is 4.79 Å². The average molecular weight is 292 g/mol. The van der Waals surface area contributed by atoms with Crippen molar-refractivity contribution in [3.8, 4) is 5.75 Å². The number of aromatic hydroxyl groups is 1. The zero-order valence-corrected chi connectivity index (χ0v) is 11.9. The minimum Gasteiger partial charge on any atom is -0.508 e. The molecule has 0 spiro atoms. The van der Waals surface area contributed by atoms with E-state index in [2.05, 4.69) is 5.32 Å². The molecule has 0 heterocycles. The lowest BCUT2D eigenvalue weighted by Crippen LogP contribution is -2.57. The van der Waals surface area contributed by atoms with E-state index in [9.17, 15) is 19.8 Å². The van der Waals surface area contributed by atoms with Crippen LogP contribution in [-0.4, -0.2) is 33.7 Å². The minimum absolute atomic E-state index is 0.109. The van der Waals surface area contributed by atoms with Crippen LogP contribution in [0.3, 0.4) is 0 Å². The van der Waals surface area contributed by atoms with E-state index in [1.54, 1.807) is 19.1 Å². The molecule has 6 heteroatoms. The predicted molar refractivity (Wildman–Crippen MR) is 76.7 cm³/mol. The molecule has 6 nitrogen and oxygen atoms in total. The number of hydrogen-bond donors (Lipinski definition) is 4. The van der Waals surface area contributed by atoms with Crippen LogP contribution in [0.4, 0.5) is 0 Å². The summed E-state index contributed by atoms with van der Waals surface area (Å²) in [5, 5.41) is 21.0. The molecule has 5 N–H and O–H groups in total. The number of benzene rings is 1. The number of amides is 1. The number of aliphatic carboxylic acids is 1. The van der Waals surface area contributed by atoms with Crippen LogP contribution >= 0.6 is 0 Å². The van der Waals surface area contributed by atoms with Gasteiger partial charge in [0.05, 0.1) is 5.54 Å². The van der Waals surface area contributed by atoms with E-state index in [1.807, 2.05) is 0 Å². The summed E-state index contributed by atoms with van der Waals surface area (Å²) in [6.45, 7) is 1.64. The van der Waals surface area contributed by atoms with Crippen LogP contribution in [0.1, 0.15) is 25.3 Å². The second-order valence-electron chi connectivity index (χ2n) is 5.79. The van der Waals surface area contributed by atoms with Crippen molar-refractivity contribution in [3.63, 3.8) is 0 Å². The van der Waals surface area contributed by atoms with Gasteiger partial charge in [0.2, 0.25) is 5.91 Å². The molecule has 0 saturated heterocycles. The summed E-state index contributed by atoms with van der Waals surface area (Å²) in [4.78, 5) is 23.5. The van der Waals surface area contributed by atoms with Crippen molar-refractivity contribution in [2.24, 2.45) is 11.7 Å². The third-order valence-electron chi connectivity index (χ3n) is 3.89. The van der Waals surface area contributed by atoms with Crippen LogP contribution in [0.2, 0.25) is 0 Å². The highest BCUT2D eigenvalue weighted by molar-refractivity contribution is 5.90. The number of carbonyl (C=O) groups excluding carboxylic acids is 1. The molecule has 1 unspecified atom stereocenters. The maximum absolute atomic E-state index is 12.2. The topological polar surface area (TPSA) is 113 Å². The van der Waals surface area contributed by atoms with E-state index in [-0.39, 0.29) is 18.1 Å². The van der Waals surface area contributed by atoms with Crippen LogP contribution in [0, 0.1) is 5.92 Å². The first-order valence-electron chi connectivity index (χ1n) is 6.91.